The standard InChI is InChI=1S/C17H20FN3O4S/c1-20(2)26(23,24)21(16-10-5-4-9-15(16)18)12-17(22)19-13-7-6-8-14(11-13)25-3/h4-11H,12H2,1-3H3,(H,19,22). The molecule has 0 fully saturated rings. The van der Waals surface area contributed by atoms with Crippen LogP contribution in [0.15, 0.2) is 48.5 Å². The normalized spacial score (nSPS) is 11.3. The van der Waals surface area contributed by atoms with Gasteiger partial charge in [0.1, 0.15) is 18.1 Å². The van der Waals surface area contributed by atoms with Crippen LogP contribution in [0.3, 0.4) is 0 Å². The second-order valence-corrected chi connectivity index (χ2v) is 7.60. The minimum atomic E-state index is -4.07. The number of halogens is 1. The second-order valence-electron chi connectivity index (χ2n) is 5.53. The Balaban J connectivity index is 2.29. The summed E-state index contributed by atoms with van der Waals surface area (Å²) in [5, 5.41) is 2.58. The van der Waals surface area contributed by atoms with Gasteiger partial charge in [-0.15, -0.1) is 0 Å². The van der Waals surface area contributed by atoms with Gasteiger partial charge in [0.25, 0.3) is 0 Å². The number of hydrogen-bond donors (Lipinski definition) is 1. The van der Waals surface area contributed by atoms with Crippen molar-refractivity contribution in [1.82, 2.24) is 4.31 Å². The third-order valence-corrected chi connectivity index (χ3v) is 5.31. The summed E-state index contributed by atoms with van der Waals surface area (Å²) in [4.78, 5) is 12.4. The van der Waals surface area contributed by atoms with Gasteiger partial charge in [0.15, 0.2) is 0 Å². The summed E-state index contributed by atoms with van der Waals surface area (Å²) in [6.45, 7) is -0.585. The quantitative estimate of drug-likeness (QED) is 0.797. The van der Waals surface area contributed by atoms with Gasteiger partial charge in [-0.2, -0.15) is 12.7 Å². The molecule has 26 heavy (non-hydrogen) atoms. The maximum Gasteiger partial charge on any atom is 0.304 e. The Kier molecular flexibility index (Phi) is 6.17. The smallest absolute Gasteiger partial charge is 0.304 e. The SMILES string of the molecule is COc1cccc(NC(=O)CN(c2ccccc2F)S(=O)(=O)N(C)C)c1. The lowest BCUT2D eigenvalue weighted by atomic mass is 10.3. The van der Waals surface area contributed by atoms with Crippen LogP contribution in [-0.4, -0.2) is 46.4 Å². The van der Waals surface area contributed by atoms with Gasteiger partial charge in [0, 0.05) is 25.8 Å². The van der Waals surface area contributed by atoms with Crippen molar-refractivity contribution in [2.45, 2.75) is 0 Å². The minimum Gasteiger partial charge on any atom is -0.497 e. The molecule has 0 bridgehead atoms. The molecule has 0 aromatic heterocycles. The van der Waals surface area contributed by atoms with Crippen LogP contribution in [0.4, 0.5) is 15.8 Å². The van der Waals surface area contributed by atoms with E-state index in [0.29, 0.717) is 11.4 Å². The number of nitrogens with one attached hydrogen (secondary N) is 1. The van der Waals surface area contributed by atoms with Crippen LogP contribution in [-0.2, 0) is 15.0 Å². The number of para-hydroxylation sites is 1. The molecule has 0 heterocycles. The lowest BCUT2D eigenvalue weighted by Gasteiger charge is -2.27. The molecular formula is C17H20FN3O4S. The summed E-state index contributed by atoms with van der Waals surface area (Å²) >= 11 is 0. The van der Waals surface area contributed by atoms with E-state index in [1.807, 2.05) is 0 Å². The Morgan fingerprint density at radius 3 is 2.46 bits per heavy atom. The maximum absolute atomic E-state index is 14.1. The minimum absolute atomic E-state index is 0.206. The molecule has 2 aromatic carbocycles. The van der Waals surface area contributed by atoms with Crippen LogP contribution >= 0.6 is 0 Å². The van der Waals surface area contributed by atoms with Gasteiger partial charge in [-0.05, 0) is 24.3 Å². The molecule has 140 valence electrons. The average Bonchev–Trinajstić information content (AvgIpc) is 2.60. The zero-order valence-corrected chi connectivity index (χ0v) is 15.5. The van der Waals surface area contributed by atoms with Crippen molar-refractivity contribution < 1.29 is 22.3 Å². The topological polar surface area (TPSA) is 79.0 Å². The first kappa shape index (κ1) is 19.7. The van der Waals surface area contributed by atoms with E-state index >= 15 is 0 Å². The lowest BCUT2D eigenvalue weighted by molar-refractivity contribution is -0.114. The summed E-state index contributed by atoms with van der Waals surface area (Å²) in [5.41, 5.74) is 0.229. The van der Waals surface area contributed by atoms with Crippen molar-refractivity contribution in [3.8, 4) is 5.75 Å². The van der Waals surface area contributed by atoms with Crippen LogP contribution in [0.2, 0.25) is 0 Å². The van der Waals surface area contributed by atoms with E-state index in [-0.39, 0.29) is 5.69 Å². The monoisotopic (exact) mass is 381 g/mol. The summed E-state index contributed by atoms with van der Waals surface area (Å²) in [7, 11) is 0.0344. The van der Waals surface area contributed by atoms with Gasteiger partial charge in [-0.3, -0.25) is 4.79 Å². The molecular weight excluding hydrogens is 361 g/mol. The highest BCUT2D eigenvalue weighted by Crippen LogP contribution is 2.23. The number of carbonyl (C=O) groups excluding carboxylic acids is 1. The van der Waals surface area contributed by atoms with E-state index < -0.39 is 28.5 Å². The van der Waals surface area contributed by atoms with E-state index in [1.54, 1.807) is 24.3 Å². The summed E-state index contributed by atoms with van der Waals surface area (Å²) in [6.07, 6.45) is 0. The first-order valence-corrected chi connectivity index (χ1v) is 9.04. The molecule has 0 atom stereocenters. The molecule has 9 heteroatoms. The molecule has 0 unspecified atom stereocenters. The number of nitrogens with zero attached hydrogens (tertiary/aromatic N) is 2. The first-order chi connectivity index (χ1) is 12.3. The Bertz CT molecular complexity index is 887. The Morgan fingerprint density at radius 2 is 1.85 bits per heavy atom. The summed E-state index contributed by atoms with van der Waals surface area (Å²) in [6, 6.07) is 12.0. The van der Waals surface area contributed by atoms with E-state index in [9.17, 15) is 17.6 Å². The van der Waals surface area contributed by atoms with Crippen molar-refractivity contribution >= 4 is 27.5 Å². The highest BCUT2D eigenvalue weighted by atomic mass is 32.2. The Morgan fingerprint density at radius 1 is 1.15 bits per heavy atom. The fourth-order valence-electron chi connectivity index (χ4n) is 2.17. The van der Waals surface area contributed by atoms with Crippen LogP contribution in [0.5, 0.6) is 5.75 Å². The molecule has 0 saturated carbocycles. The predicted molar refractivity (Wildman–Crippen MR) is 98.0 cm³/mol. The zero-order chi connectivity index (χ0) is 19.3. The third kappa shape index (κ3) is 4.50. The molecule has 0 radical (unpaired) electrons. The Labute approximate surface area is 152 Å². The molecule has 0 aliphatic rings. The van der Waals surface area contributed by atoms with E-state index in [0.717, 1.165) is 14.7 Å². The third-order valence-electron chi connectivity index (χ3n) is 3.50. The predicted octanol–water partition coefficient (Wildman–Crippen LogP) is 2.09. The van der Waals surface area contributed by atoms with Crippen LogP contribution in [0.1, 0.15) is 0 Å². The first-order valence-electron chi connectivity index (χ1n) is 7.64. The molecule has 7 nitrogen and oxygen atoms in total. The molecule has 1 N–H and O–H groups in total. The molecule has 0 spiro atoms. The maximum atomic E-state index is 14.1. The van der Waals surface area contributed by atoms with Crippen molar-refractivity contribution in [2.24, 2.45) is 0 Å². The zero-order valence-electron chi connectivity index (χ0n) is 14.6. The number of hydrogen-bond acceptors (Lipinski definition) is 4. The number of benzene rings is 2. The van der Waals surface area contributed by atoms with Crippen molar-refractivity contribution in [1.29, 1.82) is 0 Å². The number of ether oxygens (including phenoxy) is 1. The van der Waals surface area contributed by atoms with E-state index in [1.165, 1.54) is 39.4 Å². The molecule has 0 saturated heterocycles. The van der Waals surface area contributed by atoms with Gasteiger partial charge < -0.3 is 10.1 Å². The largest absolute Gasteiger partial charge is 0.497 e. The highest BCUT2D eigenvalue weighted by molar-refractivity contribution is 7.90. The number of anilines is 2. The van der Waals surface area contributed by atoms with E-state index in [4.69, 9.17) is 4.74 Å². The average molecular weight is 381 g/mol. The lowest BCUT2D eigenvalue weighted by Crippen LogP contribution is -2.44. The number of methoxy groups -OCH3 is 1. The van der Waals surface area contributed by atoms with Crippen LogP contribution in [0, 0.1) is 5.82 Å². The van der Waals surface area contributed by atoms with Crippen molar-refractivity contribution in [3.05, 3.63) is 54.3 Å². The number of rotatable bonds is 7. The van der Waals surface area contributed by atoms with Crippen molar-refractivity contribution in [3.63, 3.8) is 0 Å². The molecule has 2 rings (SSSR count). The fraction of sp³-hybridized carbons (Fsp3) is 0.235. The molecule has 2 aromatic rings. The van der Waals surface area contributed by atoms with Crippen LogP contribution in [0.25, 0.3) is 0 Å². The number of amides is 1. The van der Waals surface area contributed by atoms with E-state index in [2.05, 4.69) is 5.32 Å². The van der Waals surface area contributed by atoms with Gasteiger partial charge in [-0.25, -0.2) is 8.70 Å². The van der Waals surface area contributed by atoms with Gasteiger partial charge >= 0.3 is 10.2 Å². The highest BCUT2D eigenvalue weighted by Gasteiger charge is 2.29. The van der Waals surface area contributed by atoms with Gasteiger partial charge in [0.2, 0.25) is 5.91 Å². The van der Waals surface area contributed by atoms with Gasteiger partial charge in [-0.1, -0.05) is 18.2 Å². The second kappa shape index (κ2) is 8.15. The molecule has 1 amide bonds. The molecule has 0 aliphatic carbocycles. The molecule has 0 aliphatic heterocycles. The van der Waals surface area contributed by atoms with Gasteiger partial charge in [0.05, 0.1) is 12.8 Å². The number of carbonyl (C=O) groups is 1. The Hall–Kier alpha value is -2.65. The summed E-state index contributed by atoms with van der Waals surface area (Å²) < 4.78 is 46.0. The van der Waals surface area contributed by atoms with Crippen molar-refractivity contribution in [2.75, 3.05) is 37.4 Å². The fourth-order valence-corrected chi connectivity index (χ4v) is 3.25. The summed E-state index contributed by atoms with van der Waals surface area (Å²) in [5.74, 6) is -0.825. The van der Waals surface area contributed by atoms with Crippen LogP contribution < -0.4 is 14.4 Å².